The molecular weight excluding hydrogens is 288 g/mol. The van der Waals surface area contributed by atoms with E-state index in [9.17, 15) is 10.1 Å². The van der Waals surface area contributed by atoms with Crippen molar-refractivity contribution in [3.8, 4) is 0 Å². The minimum absolute atomic E-state index is 0.00307. The zero-order valence-corrected chi connectivity index (χ0v) is 11.3. The van der Waals surface area contributed by atoms with E-state index in [4.69, 9.17) is 5.11 Å². The van der Waals surface area contributed by atoms with Crippen LogP contribution in [-0.4, -0.2) is 22.2 Å². The third-order valence-electron chi connectivity index (χ3n) is 2.32. The summed E-state index contributed by atoms with van der Waals surface area (Å²) in [4.78, 5) is 10.3. The number of nitrogens with zero attached hydrogens (tertiary/aromatic N) is 1. The van der Waals surface area contributed by atoms with Crippen molar-refractivity contribution in [3.63, 3.8) is 0 Å². The first-order valence-electron chi connectivity index (χ1n) is 5.14. The maximum atomic E-state index is 10.7. The van der Waals surface area contributed by atoms with Gasteiger partial charge in [-0.15, -0.1) is 0 Å². The molecule has 0 heterocycles. The van der Waals surface area contributed by atoms with E-state index < -0.39 is 10.5 Å². The van der Waals surface area contributed by atoms with E-state index in [0.29, 0.717) is 11.0 Å². The zero-order chi connectivity index (χ0) is 13.1. The van der Waals surface area contributed by atoms with Crippen molar-refractivity contribution in [1.82, 2.24) is 5.32 Å². The van der Waals surface area contributed by atoms with Gasteiger partial charge in [0, 0.05) is 28.7 Å². The smallest absolute Gasteiger partial charge is 0.270 e. The van der Waals surface area contributed by atoms with E-state index in [-0.39, 0.29) is 12.3 Å². The van der Waals surface area contributed by atoms with Crippen LogP contribution in [0, 0.1) is 10.1 Å². The van der Waals surface area contributed by atoms with Crippen LogP contribution in [0.25, 0.3) is 0 Å². The minimum atomic E-state index is -0.425. The molecule has 0 fully saturated rings. The Kier molecular flexibility index (Phi) is 4.62. The number of nitro groups is 1. The molecule has 94 valence electrons. The molecule has 5 nitrogen and oxygen atoms in total. The molecule has 0 aliphatic rings. The van der Waals surface area contributed by atoms with Crippen molar-refractivity contribution in [3.05, 3.63) is 38.3 Å². The fourth-order valence-corrected chi connectivity index (χ4v) is 1.77. The number of aliphatic hydroxyl groups is 1. The molecule has 0 aliphatic heterocycles. The summed E-state index contributed by atoms with van der Waals surface area (Å²) in [7, 11) is 0. The second-order valence-corrected chi connectivity index (χ2v) is 5.39. The number of halogens is 1. The van der Waals surface area contributed by atoms with E-state index in [2.05, 4.69) is 21.2 Å². The van der Waals surface area contributed by atoms with Crippen LogP contribution in [0.5, 0.6) is 0 Å². The Balaban J connectivity index is 2.81. The number of hydrogen-bond acceptors (Lipinski definition) is 4. The van der Waals surface area contributed by atoms with Gasteiger partial charge in [-0.25, -0.2) is 0 Å². The third-order valence-corrected chi connectivity index (χ3v) is 2.78. The molecule has 0 bridgehead atoms. The van der Waals surface area contributed by atoms with Crippen molar-refractivity contribution < 1.29 is 10.0 Å². The molecule has 0 aromatic heterocycles. The Morgan fingerprint density at radius 1 is 1.47 bits per heavy atom. The largest absolute Gasteiger partial charge is 0.394 e. The maximum Gasteiger partial charge on any atom is 0.270 e. The molecule has 0 amide bonds. The van der Waals surface area contributed by atoms with Gasteiger partial charge in [-0.1, -0.05) is 15.9 Å². The van der Waals surface area contributed by atoms with Gasteiger partial charge in [-0.3, -0.25) is 10.1 Å². The summed E-state index contributed by atoms with van der Waals surface area (Å²) in [6.07, 6.45) is 0. The normalized spacial score (nSPS) is 11.5. The lowest BCUT2D eigenvalue weighted by Crippen LogP contribution is -2.42. The predicted molar refractivity (Wildman–Crippen MR) is 68.8 cm³/mol. The summed E-state index contributed by atoms with van der Waals surface area (Å²) in [5.41, 5.74) is 0.447. The van der Waals surface area contributed by atoms with Gasteiger partial charge in [0.05, 0.1) is 11.5 Å². The molecule has 6 heteroatoms. The van der Waals surface area contributed by atoms with Gasteiger partial charge in [-0.2, -0.15) is 0 Å². The number of benzene rings is 1. The fourth-order valence-electron chi connectivity index (χ4n) is 1.24. The number of rotatable bonds is 5. The second kappa shape index (κ2) is 5.57. The average Bonchev–Trinajstić information content (AvgIpc) is 2.26. The highest BCUT2D eigenvalue weighted by molar-refractivity contribution is 9.10. The summed E-state index contributed by atoms with van der Waals surface area (Å²) in [5.74, 6) is 0. The molecule has 0 radical (unpaired) electrons. The Morgan fingerprint density at radius 3 is 2.65 bits per heavy atom. The lowest BCUT2D eigenvalue weighted by Gasteiger charge is -2.23. The molecule has 0 unspecified atom stereocenters. The van der Waals surface area contributed by atoms with Crippen molar-refractivity contribution in [2.45, 2.75) is 25.9 Å². The van der Waals surface area contributed by atoms with Gasteiger partial charge >= 0.3 is 0 Å². The number of aliphatic hydroxyl groups excluding tert-OH is 1. The van der Waals surface area contributed by atoms with Gasteiger partial charge in [0.1, 0.15) is 0 Å². The van der Waals surface area contributed by atoms with Crippen molar-refractivity contribution in [2.24, 2.45) is 0 Å². The molecule has 2 N–H and O–H groups in total. The number of non-ortho nitro benzene ring substituents is 1. The lowest BCUT2D eigenvalue weighted by molar-refractivity contribution is -0.385. The van der Waals surface area contributed by atoms with Crippen molar-refractivity contribution in [1.29, 1.82) is 0 Å². The van der Waals surface area contributed by atoms with Crippen LogP contribution in [0.4, 0.5) is 5.69 Å². The van der Waals surface area contributed by atoms with Crippen molar-refractivity contribution in [2.75, 3.05) is 6.61 Å². The molecule has 0 spiro atoms. The van der Waals surface area contributed by atoms with Crippen LogP contribution >= 0.6 is 15.9 Å². The SMILES string of the molecule is CC(C)(CO)NCc1cc(Br)cc([N+](=O)[O-])c1. The molecular formula is C11H15BrN2O3. The summed E-state index contributed by atoms with van der Waals surface area (Å²) >= 11 is 3.24. The Morgan fingerprint density at radius 2 is 2.12 bits per heavy atom. The summed E-state index contributed by atoms with van der Waals surface area (Å²) in [6.45, 7) is 4.19. The van der Waals surface area contributed by atoms with Gasteiger partial charge in [0.2, 0.25) is 0 Å². The Hall–Kier alpha value is -0.980. The minimum Gasteiger partial charge on any atom is -0.394 e. The highest BCUT2D eigenvalue weighted by Crippen LogP contribution is 2.21. The van der Waals surface area contributed by atoms with E-state index >= 15 is 0 Å². The van der Waals surface area contributed by atoms with E-state index in [1.54, 1.807) is 0 Å². The first-order chi connectivity index (χ1) is 7.84. The number of nitro benzene ring substituents is 1. The van der Waals surface area contributed by atoms with E-state index in [1.165, 1.54) is 12.1 Å². The summed E-state index contributed by atoms with van der Waals surface area (Å²) < 4.78 is 0.672. The average molecular weight is 303 g/mol. The molecule has 1 rings (SSSR count). The Labute approximate surface area is 108 Å². The van der Waals surface area contributed by atoms with Crippen LogP contribution in [0.15, 0.2) is 22.7 Å². The lowest BCUT2D eigenvalue weighted by atomic mass is 10.1. The summed E-state index contributed by atoms with van der Waals surface area (Å²) in [5, 5.41) is 22.9. The standard InChI is InChI=1S/C11H15BrN2O3/c1-11(2,7-15)13-6-8-3-9(12)5-10(4-8)14(16)17/h3-5,13,15H,6-7H2,1-2H3. The van der Waals surface area contributed by atoms with Crippen LogP contribution in [-0.2, 0) is 6.54 Å². The number of nitrogens with one attached hydrogen (secondary N) is 1. The predicted octanol–water partition coefficient (Wildman–Crippen LogP) is 2.22. The fraction of sp³-hybridized carbons (Fsp3) is 0.455. The quantitative estimate of drug-likeness (QED) is 0.646. The van der Waals surface area contributed by atoms with Gasteiger partial charge in [0.15, 0.2) is 0 Å². The molecule has 0 saturated heterocycles. The molecule has 1 aromatic rings. The van der Waals surface area contributed by atoms with Crippen LogP contribution in [0.2, 0.25) is 0 Å². The van der Waals surface area contributed by atoms with Gasteiger partial charge in [-0.05, 0) is 25.5 Å². The van der Waals surface area contributed by atoms with E-state index in [0.717, 1.165) is 5.56 Å². The van der Waals surface area contributed by atoms with Crippen molar-refractivity contribution >= 4 is 21.6 Å². The Bertz CT molecular complexity index is 421. The molecule has 17 heavy (non-hydrogen) atoms. The maximum absolute atomic E-state index is 10.7. The van der Waals surface area contributed by atoms with Gasteiger partial charge < -0.3 is 10.4 Å². The summed E-state index contributed by atoms with van der Waals surface area (Å²) in [6, 6.07) is 4.79. The van der Waals surface area contributed by atoms with Gasteiger partial charge in [0.25, 0.3) is 5.69 Å². The van der Waals surface area contributed by atoms with Crippen LogP contribution in [0.3, 0.4) is 0 Å². The molecule has 0 atom stereocenters. The number of hydrogen-bond donors (Lipinski definition) is 2. The van der Waals surface area contributed by atoms with Crippen LogP contribution < -0.4 is 5.32 Å². The van der Waals surface area contributed by atoms with Crippen LogP contribution in [0.1, 0.15) is 19.4 Å². The molecule has 0 saturated carbocycles. The second-order valence-electron chi connectivity index (χ2n) is 4.47. The molecule has 0 aliphatic carbocycles. The third kappa shape index (κ3) is 4.41. The molecule has 1 aromatic carbocycles. The monoisotopic (exact) mass is 302 g/mol. The highest BCUT2D eigenvalue weighted by Gasteiger charge is 2.16. The zero-order valence-electron chi connectivity index (χ0n) is 9.74. The topological polar surface area (TPSA) is 75.4 Å². The first-order valence-corrected chi connectivity index (χ1v) is 5.93. The first kappa shape index (κ1) is 14.1. The van der Waals surface area contributed by atoms with E-state index in [1.807, 2.05) is 19.9 Å². The highest BCUT2D eigenvalue weighted by atomic mass is 79.9.